The third-order valence-electron chi connectivity index (χ3n) is 4.37. The van der Waals surface area contributed by atoms with Crippen LogP contribution in [0.15, 0.2) is 47.6 Å². The fourth-order valence-corrected chi connectivity index (χ4v) is 3.12. The molecule has 0 spiro atoms. The van der Waals surface area contributed by atoms with E-state index in [0.29, 0.717) is 0 Å². The fraction of sp³-hybridized carbons (Fsp3) is 0.381. The smallest absolute Gasteiger partial charge is 0.0678 e. The van der Waals surface area contributed by atoms with E-state index < -0.39 is 0 Å². The molecule has 0 amide bonds. The second-order valence-corrected chi connectivity index (χ2v) is 6.19. The summed E-state index contributed by atoms with van der Waals surface area (Å²) in [7, 11) is 0. The number of nitrogens with zero attached hydrogens (tertiary/aromatic N) is 2. The first-order valence-electron chi connectivity index (χ1n) is 8.83. The number of fused-ring (bicyclic) bond motifs is 1. The van der Waals surface area contributed by atoms with Gasteiger partial charge in [-0.05, 0) is 30.9 Å². The SMILES string of the molecule is CCCCCN=c1ccn(Cc2ccccc2)c2c1=CCCC=2. The Balaban J connectivity index is 1.95. The summed E-state index contributed by atoms with van der Waals surface area (Å²) in [5.41, 5.74) is 1.34. The van der Waals surface area contributed by atoms with Crippen molar-refractivity contribution in [2.75, 3.05) is 6.54 Å². The van der Waals surface area contributed by atoms with Gasteiger partial charge in [-0.15, -0.1) is 0 Å². The van der Waals surface area contributed by atoms with Gasteiger partial charge in [-0.3, -0.25) is 4.99 Å². The molecule has 1 aliphatic carbocycles. The van der Waals surface area contributed by atoms with E-state index in [1.807, 2.05) is 0 Å². The molecule has 0 saturated carbocycles. The number of rotatable bonds is 6. The Kier molecular flexibility index (Phi) is 5.46. The van der Waals surface area contributed by atoms with Gasteiger partial charge in [-0.1, -0.05) is 62.2 Å². The van der Waals surface area contributed by atoms with Crippen molar-refractivity contribution in [3.8, 4) is 0 Å². The highest BCUT2D eigenvalue weighted by atomic mass is 14.9. The Morgan fingerprint density at radius 3 is 2.65 bits per heavy atom. The zero-order valence-corrected chi connectivity index (χ0v) is 14.0. The Bertz CT molecular complexity index is 813. The zero-order valence-electron chi connectivity index (χ0n) is 14.0. The van der Waals surface area contributed by atoms with Crippen LogP contribution in [-0.4, -0.2) is 11.1 Å². The van der Waals surface area contributed by atoms with Gasteiger partial charge in [0, 0.05) is 29.9 Å². The summed E-state index contributed by atoms with van der Waals surface area (Å²) in [6, 6.07) is 12.8. The molecule has 3 rings (SSSR count). The molecule has 0 bridgehead atoms. The lowest BCUT2D eigenvalue weighted by molar-refractivity contribution is 0.713. The Morgan fingerprint density at radius 1 is 1.00 bits per heavy atom. The standard InChI is InChI=1S/C21H26N2/c1-2-3-9-15-22-20-14-16-23(17-18-10-5-4-6-11-18)21-13-8-7-12-19(20)21/h4-6,10-14,16H,2-3,7-9,15,17H2,1H3. The molecular formula is C21H26N2. The highest BCUT2D eigenvalue weighted by Crippen LogP contribution is 2.01. The highest BCUT2D eigenvalue weighted by molar-refractivity contribution is 5.35. The molecule has 2 heteroatoms. The van der Waals surface area contributed by atoms with Crippen LogP contribution in [-0.2, 0) is 6.54 Å². The van der Waals surface area contributed by atoms with E-state index in [2.05, 4.69) is 66.2 Å². The molecule has 2 nitrogen and oxygen atoms in total. The number of hydrogen-bond acceptors (Lipinski definition) is 1. The molecule has 0 radical (unpaired) electrons. The average Bonchev–Trinajstić information content (AvgIpc) is 2.61. The van der Waals surface area contributed by atoms with Crippen molar-refractivity contribution in [3.05, 3.63) is 64.1 Å². The molecule has 1 aromatic carbocycles. The largest absolute Gasteiger partial charge is 0.343 e. The second-order valence-electron chi connectivity index (χ2n) is 6.19. The van der Waals surface area contributed by atoms with Gasteiger partial charge in [0.05, 0.1) is 5.36 Å². The first kappa shape index (κ1) is 15.8. The maximum absolute atomic E-state index is 4.84. The summed E-state index contributed by atoms with van der Waals surface area (Å²) in [6.07, 6.45) is 12.9. The summed E-state index contributed by atoms with van der Waals surface area (Å²) >= 11 is 0. The van der Waals surface area contributed by atoms with Gasteiger partial charge in [0.25, 0.3) is 0 Å². The molecule has 1 aromatic heterocycles. The third kappa shape index (κ3) is 4.01. The molecule has 0 atom stereocenters. The van der Waals surface area contributed by atoms with Gasteiger partial charge in [-0.2, -0.15) is 0 Å². The van der Waals surface area contributed by atoms with Crippen molar-refractivity contribution in [2.24, 2.45) is 4.99 Å². The molecule has 23 heavy (non-hydrogen) atoms. The van der Waals surface area contributed by atoms with Crippen molar-refractivity contribution in [1.82, 2.24) is 4.57 Å². The van der Waals surface area contributed by atoms with Crippen LogP contribution in [0, 0.1) is 0 Å². The van der Waals surface area contributed by atoms with Gasteiger partial charge in [0.15, 0.2) is 0 Å². The topological polar surface area (TPSA) is 17.3 Å². The van der Waals surface area contributed by atoms with Gasteiger partial charge in [0.2, 0.25) is 0 Å². The van der Waals surface area contributed by atoms with Crippen molar-refractivity contribution < 1.29 is 0 Å². The van der Waals surface area contributed by atoms with E-state index in [4.69, 9.17) is 4.99 Å². The molecule has 0 N–H and O–H groups in total. The first-order valence-corrected chi connectivity index (χ1v) is 8.83. The number of pyridine rings is 1. The van der Waals surface area contributed by atoms with Crippen molar-refractivity contribution in [3.63, 3.8) is 0 Å². The van der Waals surface area contributed by atoms with Gasteiger partial charge >= 0.3 is 0 Å². The normalized spacial score (nSPS) is 14.0. The minimum absolute atomic E-state index is 0.920. The van der Waals surface area contributed by atoms with Crippen molar-refractivity contribution >= 4 is 12.2 Å². The van der Waals surface area contributed by atoms with Crippen LogP contribution < -0.4 is 15.9 Å². The van der Waals surface area contributed by atoms with Crippen LogP contribution in [0.2, 0.25) is 0 Å². The fourth-order valence-electron chi connectivity index (χ4n) is 3.12. The number of unbranched alkanes of at least 4 members (excludes halogenated alkanes) is 2. The summed E-state index contributed by atoms with van der Waals surface area (Å²) in [5, 5.41) is 3.82. The van der Waals surface area contributed by atoms with E-state index in [9.17, 15) is 0 Å². The highest BCUT2D eigenvalue weighted by Gasteiger charge is 2.02. The molecule has 1 aliphatic rings. The summed E-state index contributed by atoms with van der Waals surface area (Å²) in [5.74, 6) is 0. The van der Waals surface area contributed by atoms with E-state index in [1.165, 1.54) is 35.4 Å². The quantitative estimate of drug-likeness (QED) is 0.730. The van der Waals surface area contributed by atoms with E-state index in [-0.39, 0.29) is 0 Å². The Labute approximate surface area is 138 Å². The monoisotopic (exact) mass is 306 g/mol. The lowest BCUT2D eigenvalue weighted by atomic mass is 10.1. The maximum atomic E-state index is 4.84. The number of aromatic nitrogens is 1. The minimum atomic E-state index is 0.920. The number of benzene rings is 1. The van der Waals surface area contributed by atoms with Crippen molar-refractivity contribution in [1.29, 1.82) is 0 Å². The van der Waals surface area contributed by atoms with Crippen LogP contribution in [0.3, 0.4) is 0 Å². The predicted molar refractivity (Wildman–Crippen MR) is 97.3 cm³/mol. The van der Waals surface area contributed by atoms with Crippen LogP contribution in [0.25, 0.3) is 12.2 Å². The maximum Gasteiger partial charge on any atom is 0.0678 e. The van der Waals surface area contributed by atoms with Gasteiger partial charge < -0.3 is 4.57 Å². The molecule has 0 saturated heterocycles. The molecular weight excluding hydrogens is 280 g/mol. The second kappa shape index (κ2) is 7.96. The van der Waals surface area contributed by atoms with E-state index >= 15 is 0 Å². The molecule has 0 unspecified atom stereocenters. The molecule has 2 aromatic rings. The average molecular weight is 306 g/mol. The van der Waals surface area contributed by atoms with Crippen LogP contribution >= 0.6 is 0 Å². The Morgan fingerprint density at radius 2 is 1.83 bits per heavy atom. The van der Waals surface area contributed by atoms with E-state index in [1.54, 1.807) is 0 Å². The molecule has 1 heterocycles. The third-order valence-corrected chi connectivity index (χ3v) is 4.37. The summed E-state index contributed by atoms with van der Waals surface area (Å²) in [4.78, 5) is 4.84. The molecule has 0 fully saturated rings. The lowest BCUT2D eigenvalue weighted by Gasteiger charge is -2.12. The minimum Gasteiger partial charge on any atom is -0.343 e. The first-order chi connectivity index (χ1) is 11.4. The van der Waals surface area contributed by atoms with Crippen molar-refractivity contribution in [2.45, 2.75) is 45.6 Å². The zero-order chi connectivity index (χ0) is 15.9. The lowest BCUT2D eigenvalue weighted by Crippen LogP contribution is -2.46. The Hall–Kier alpha value is -2.09. The van der Waals surface area contributed by atoms with Crippen LogP contribution in [0.4, 0.5) is 0 Å². The molecule has 0 aliphatic heterocycles. The molecule has 120 valence electrons. The van der Waals surface area contributed by atoms with Crippen LogP contribution in [0.5, 0.6) is 0 Å². The summed E-state index contributed by atoms with van der Waals surface area (Å²) < 4.78 is 2.35. The van der Waals surface area contributed by atoms with Crippen LogP contribution in [0.1, 0.15) is 44.6 Å². The van der Waals surface area contributed by atoms with Gasteiger partial charge in [-0.25, -0.2) is 0 Å². The predicted octanol–water partition coefficient (Wildman–Crippen LogP) is 2.98. The summed E-state index contributed by atoms with van der Waals surface area (Å²) in [6.45, 7) is 4.10. The number of hydrogen-bond donors (Lipinski definition) is 0. The van der Waals surface area contributed by atoms with Gasteiger partial charge in [0.1, 0.15) is 0 Å². The van der Waals surface area contributed by atoms with E-state index in [0.717, 1.165) is 31.3 Å².